The Balaban J connectivity index is 0.00000142. The minimum atomic E-state index is -0.554. The van der Waals surface area contributed by atoms with Crippen molar-refractivity contribution in [2.75, 3.05) is 42.7 Å². The van der Waals surface area contributed by atoms with E-state index in [4.69, 9.17) is 19.2 Å². The lowest BCUT2D eigenvalue weighted by Gasteiger charge is -2.24. The third-order valence-corrected chi connectivity index (χ3v) is 8.77. The molecule has 0 bridgehead atoms. The number of nitrogens with zero attached hydrogens (tertiary/aromatic N) is 7. The van der Waals surface area contributed by atoms with Crippen LogP contribution in [0.1, 0.15) is 81.7 Å². The lowest BCUT2D eigenvalue weighted by Crippen LogP contribution is -2.26. The zero-order valence-corrected chi connectivity index (χ0v) is 36.9. The van der Waals surface area contributed by atoms with Crippen LogP contribution in [-0.2, 0) is 64.8 Å². The fourth-order valence-corrected chi connectivity index (χ4v) is 6.19. The van der Waals surface area contributed by atoms with Gasteiger partial charge >= 0.3 is 11.9 Å². The lowest BCUT2D eigenvalue weighted by atomic mass is 10.2. The van der Waals surface area contributed by atoms with E-state index in [1.165, 1.54) is 14.2 Å². The van der Waals surface area contributed by atoms with Gasteiger partial charge in [0.15, 0.2) is 12.6 Å². The smallest absolute Gasteiger partial charge is 0.356 e. The van der Waals surface area contributed by atoms with Gasteiger partial charge in [-0.2, -0.15) is 0 Å². The SMILES string of the molecule is COC.COC.COC(=O)c1cccc(CN(Cc2cc(OCc3ccccc3)cc(CN(Cc3cccc(C=O)n3)Cc3cccc(C=O)n3)n2)Cc2cccc(C(=O)OC)n2)n1. The van der Waals surface area contributed by atoms with Crippen LogP contribution in [0.3, 0.4) is 0 Å². The first kappa shape index (κ1) is 49.5. The van der Waals surface area contributed by atoms with Crippen LogP contribution in [0, 0.1) is 0 Å². The summed E-state index contributed by atoms with van der Waals surface area (Å²) in [7, 11) is 9.11. The predicted octanol–water partition coefficient (Wildman–Crippen LogP) is 6.37. The fraction of sp³-hybridized carbons (Fsp3) is 0.271. The number of rotatable bonds is 19. The zero-order chi connectivity index (χ0) is 46.1. The highest BCUT2D eigenvalue weighted by Crippen LogP contribution is 2.22. The molecular weight excluding hydrogens is 819 g/mol. The van der Waals surface area contributed by atoms with Gasteiger partial charge in [0.05, 0.1) is 48.4 Å². The molecule has 64 heavy (non-hydrogen) atoms. The topological polar surface area (TPSA) is 185 Å². The van der Waals surface area contributed by atoms with Gasteiger partial charge in [0.1, 0.15) is 35.1 Å². The van der Waals surface area contributed by atoms with Gasteiger partial charge in [0.2, 0.25) is 0 Å². The molecule has 0 saturated carbocycles. The molecule has 0 aliphatic carbocycles. The molecule has 0 aliphatic rings. The highest BCUT2D eigenvalue weighted by molar-refractivity contribution is 5.87. The van der Waals surface area contributed by atoms with Crippen molar-refractivity contribution < 1.29 is 42.9 Å². The number of hydrogen-bond acceptors (Lipinski definition) is 16. The molecule has 16 nitrogen and oxygen atoms in total. The third-order valence-electron chi connectivity index (χ3n) is 8.77. The normalized spacial score (nSPS) is 10.5. The number of ether oxygens (including phenoxy) is 5. The number of methoxy groups -OCH3 is 4. The van der Waals surface area contributed by atoms with Crippen LogP contribution in [0.5, 0.6) is 5.75 Å². The van der Waals surface area contributed by atoms with Crippen LogP contribution in [0.2, 0.25) is 0 Å². The van der Waals surface area contributed by atoms with Crippen molar-refractivity contribution in [2.24, 2.45) is 0 Å². The quantitative estimate of drug-likeness (QED) is 0.0645. The first-order chi connectivity index (χ1) is 31.1. The molecule has 0 fully saturated rings. The monoisotopic (exact) mass is 871 g/mol. The van der Waals surface area contributed by atoms with Crippen molar-refractivity contribution in [3.05, 3.63) is 178 Å². The summed E-state index contributed by atoms with van der Waals surface area (Å²) in [5.41, 5.74) is 5.84. The lowest BCUT2D eigenvalue weighted by molar-refractivity contribution is 0.0585. The van der Waals surface area contributed by atoms with Gasteiger partial charge in [-0.15, -0.1) is 0 Å². The second-order valence-corrected chi connectivity index (χ2v) is 14.0. The summed E-state index contributed by atoms with van der Waals surface area (Å²) in [5, 5.41) is 0. The molecule has 6 aromatic rings. The second-order valence-electron chi connectivity index (χ2n) is 14.0. The molecule has 0 atom stereocenters. The predicted molar refractivity (Wildman–Crippen MR) is 237 cm³/mol. The molecule has 0 spiro atoms. The number of hydrogen-bond donors (Lipinski definition) is 0. The first-order valence-electron chi connectivity index (χ1n) is 20.0. The van der Waals surface area contributed by atoms with E-state index >= 15 is 0 Å². The molecule has 334 valence electrons. The fourth-order valence-electron chi connectivity index (χ4n) is 6.19. The molecule has 0 unspecified atom stereocenters. The third kappa shape index (κ3) is 16.6. The Bertz CT molecular complexity index is 2290. The largest absolute Gasteiger partial charge is 0.489 e. The van der Waals surface area contributed by atoms with E-state index in [9.17, 15) is 19.2 Å². The maximum absolute atomic E-state index is 12.4. The molecule has 16 heteroatoms. The molecule has 0 radical (unpaired) electrons. The number of aldehydes is 2. The average Bonchev–Trinajstić information content (AvgIpc) is 3.31. The number of carbonyl (C=O) groups excluding carboxylic acids is 4. The molecule has 1 aromatic carbocycles. The van der Waals surface area contributed by atoms with E-state index < -0.39 is 11.9 Å². The van der Waals surface area contributed by atoms with E-state index in [0.29, 0.717) is 90.1 Å². The van der Waals surface area contributed by atoms with E-state index in [1.807, 2.05) is 71.6 Å². The summed E-state index contributed by atoms with van der Waals surface area (Å²) in [6.45, 7) is 2.18. The van der Waals surface area contributed by atoms with Crippen LogP contribution in [0.4, 0.5) is 0 Å². The molecule has 5 heterocycles. The summed E-state index contributed by atoms with van der Waals surface area (Å²) in [6.07, 6.45) is 1.41. The standard InChI is InChI=1S/C44H41N7O7.2C2H6O/c1-56-43(54)41-18-8-14-34(48-41)24-51(25-35-15-9-19-42(49-35)44(55)57-2)27-39-21-40(58-30-31-10-4-3-5-11-31)20-38(47-39)26-50(22-32-12-6-16-36(28-52)45-32)23-33-13-7-17-37(29-53)46-33;2*1-3-2/h3-21,28-29H,22-27,30H2,1-2H3;2*1-2H3. The van der Waals surface area contributed by atoms with Crippen molar-refractivity contribution in [3.63, 3.8) is 0 Å². The number of benzene rings is 1. The summed E-state index contributed by atoms with van der Waals surface area (Å²) in [6, 6.07) is 34.4. The Morgan fingerprint density at radius 3 is 1.23 bits per heavy atom. The average molecular weight is 872 g/mol. The van der Waals surface area contributed by atoms with Crippen molar-refractivity contribution in [2.45, 2.75) is 45.9 Å². The number of aromatic nitrogens is 5. The molecule has 0 N–H and O–H groups in total. The van der Waals surface area contributed by atoms with Crippen LogP contribution >= 0.6 is 0 Å². The maximum atomic E-state index is 12.4. The van der Waals surface area contributed by atoms with Gasteiger partial charge in [-0.1, -0.05) is 54.6 Å². The summed E-state index contributed by atoms with van der Waals surface area (Å²) < 4.78 is 24.7. The van der Waals surface area contributed by atoms with E-state index in [2.05, 4.69) is 34.3 Å². The van der Waals surface area contributed by atoms with Crippen molar-refractivity contribution >= 4 is 24.5 Å². The Hall–Kier alpha value is -7.11. The molecule has 0 amide bonds. The minimum absolute atomic E-state index is 0.170. The van der Waals surface area contributed by atoms with Gasteiger partial charge in [0.25, 0.3) is 0 Å². The highest BCUT2D eigenvalue weighted by Gasteiger charge is 2.18. The van der Waals surface area contributed by atoms with Gasteiger partial charge in [0, 0.05) is 79.8 Å². The number of esters is 2. The molecule has 5 aromatic heterocycles. The van der Waals surface area contributed by atoms with E-state index in [0.717, 1.165) is 5.56 Å². The van der Waals surface area contributed by atoms with Gasteiger partial charge in [-0.3, -0.25) is 24.4 Å². The van der Waals surface area contributed by atoms with Crippen LogP contribution in [0.25, 0.3) is 0 Å². The van der Waals surface area contributed by atoms with Crippen molar-refractivity contribution in [1.82, 2.24) is 34.7 Å². The van der Waals surface area contributed by atoms with Gasteiger partial charge in [-0.05, 0) is 54.1 Å². The maximum Gasteiger partial charge on any atom is 0.356 e. The second kappa shape index (κ2) is 27.1. The minimum Gasteiger partial charge on any atom is -0.489 e. The molecular formula is C48H53N7O9. The Labute approximate surface area is 373 Å². The van der Waals surface area contributed by atoms with Crippen molar-refractivity contribution in [1.29, 1.82) is 0 Å². The first-order valence-corrected chi connectivity index (χ1v) is 20.0. The van der Waals surface area contributed by atoms with Crippen LogP contribution in [-0.4, -0.2) is 102 Å². The van der Waals surface area contributed by atoms with E-state index in [-0.39, 0.29) is 31.0 Å². The van der Waals surface area contributed by atoms with Gasteiger partial charge in [-0.25, -0.2) is 29.5 Å². The Morgan fingerprint density at radius 2 is 0.844 bits per heavy atom. The molecule has 0 saturated heterocycles. The van der Waals surface area contributed by atoms with Crippen LogP contribution < -0.4 is 4.74 Å². The summed E-state index contributed by atoms with van der Waals surface area (Å²) in [4.78, 5) is 75.2. The zero-order valence-electron chi connectivity index (χ0n) is 36.9. The number of pyridine rings is 5. The van der Waals surface area contributed by atoms with Crippen LogP contribution in [0.15, 0.2) is 115 Å². The summed E-state index contributed by atoms with van der Waals surface area (Å²) >= 11 is 0. The van der Waals surface area contributed by atoms with E-state index in [1.54, 1.807) is 77.0 Å². The Kier molecular flexibility index (Phi) is 20.9. The Morgan fingerprint density at radius 1 is 0.469 bits per heavy atom. The summed E-state index contributed by atoms with van der Waals surface area (Å²) in [5.74, 6) is -0.523. The van der Waals surface area contributed by atoms with Gasteiger partial charge < -0.3 is 23.7 Å². The van der Waals surface area contributed by atoms with Crippen molar-refractivity contribution in [3.8, 4) is 5.75 Å². The highest BCUT2D eigenvalue weighted by atomic mass is 16.5. The number of carbonyl (C=O) groups is 4. The molecule has 0 aliphatic heterocycles. The molecule has 6 rings (SSSR count).